The SMILES string of the molecule is CC/C=C/C/C=C/C/C=C/C/C=C/C/C=C/CCCC(=O)O[C@@H](COC(=O)CCC/C=C/C/C=C/C/C=C/C/C=C/CCCCCCCCC)CO[C@H]1O[C@@H](CO)[C@@H](O)C(O)C1O. The zero-order valence-corrected chi connectivity index (χ0v) is 38.8. The van der Waals surface area contributed by atoms with Gasteiger partial charge in [0.2, 0.25) is 0 Å². The zero-order valence-electron chi connectivity index (χ0n) is 38.8. The van der Waals surface area contributed by atoms with Crippen LogP contribution >= 0.6 is 0 Å². The topological polar surface area (TPSA) is 152 Å². The van der Waals surface area contributed by atoms with Crippen molar-refractivity contribution in [3.8, 4) is 0 Å². The van der Waals surface area contributed by atoms with Gasteiger partial charge < -0.3 is 39.4 Å². The number of carbonyl (C=O) groups is 2. The minimum atomic E-state index is -1.62. The van der Waals surface area contributed by atoms with E-state index in [2.05, 4.69) is 111 Å². The van der Waals surface area contributed by atoms with Crippen LogP contribution in [-0.4, -0.2) is 89.0 Å². The van der Waals surface area contributed by atoms with Gasteiger partial charge in [-0.25, -0.2) is 0 Å². The summed E-state index contributed by atoms with van der Waals surface area (Å²) in [6, 6.07) is 0. The Hall–Kier alpha value is -3.64. The van der Waals surface area contributed by atoms with Crippen molar-refractivity contribution in [2.45, 2.75) is 192 Å². The highest BCUT2D eigenvalue weighted by Gasteiger charge is 2.44. The van der Waals surface area contributed by atoms with Crippen LogP contribution in [0.2, 0.25) is 0 Å². The summed E-state index contributed by atoms with van der Waals surface area (Å²) in [4.78, 5) is 25.3. The van der Waals surface area contributed by atoms with Crippen LogP contribution in [0, 0.1) is 0 Å². The second-order valence-electron chi connectivity index (χ2n) is 15.8. The Balaban J connectivity index is 2.40. The molecule has 0 aromatic heterocycles. The first-order valence-electron chi connectivity index (χ1n) is 24.0. The van der Waals surface area contributed by atoms with Crippen molar-refractivity contribution >= 4 is 11.9 Å². The van der Waals surface area contributed by atoms with Crippen LogP contribution in [0.4, 0.5) is 0 Å². The molecule has 0 spiro atoms. The standard InChI is InChI=1S/C53H84O10/c1-3-5-7-9-11-13-15-17-19-21-22-23-24-26-27-29-31-33-35-37-39-41-48(55)60-44-46(45-61-53-52(59)51(58)50(57)47(43-54)63-53)62-49(56)42-40-38-36-34-32-30-28-25-20-18-16-14-12-10-8-6-4-2/h6,8,12,14,18-21,23-24,27-30,33-36,46-47,50-54,57-59H,3-5,7,9-11,13,15-17,22,25-26,31-32,37-45H2,1-2H3/b8-6+,14-12+,20-18+,21-19+,24-23+,29-27+,30-28+,35-33+,36-34+/t46-,47-,50+,51?,52?,53-/m0/s1. The van der Waals surface area contributed by atoms with Crippen molar-refractivity contribution in [3.05, 3.63) is 109 Å². The summed E-state index contributed by atoms with van der Waals surface area (Å²) in [6.45, 7) is 3.18. The number of allylic oxidation sites excluding steroid dienone is 18. The van der Waals surface area contributed by atoms with E-state index in [-0.39, 0.29) is 26.1 Å². The molecule has 1 aliphatic rings. The predicted octanol–water partition coefficient (Wildman–Crippen LogP) is 10.9. The smallest absolute Gasteiger partial charge is 0.306 e. The lowest BCUT2D eigenvalue weighted by atomic mass is 9.99. The van der Waals surface area contributed by atoms with Crippen molar-refractivity contribution in [1.82, 2.24) is 0 Å². The summed E-state index contributed by atoms with van der Waals surface area (Å²) in [5, 5.41) is 40.1. The van der Waals surface area contributed by atoms with E-state index < -0.39 is 55.4 Å². The summed E-state index contributed by atoms with van der Waals surface area (Å²) in [6.07, 6.45) is 51.1. The van der Waals surface area contributed by atoms with Gasteiger partial charge in [-0.15, -0.1) is 0 Å². The molecule has 63 heavy (non-hydrogen) atoms. The van der Waals surface area contributed by atoms with Gasteiger partial charge in [0.25, 0.3) is 0 Å². The van der Waals surface area contributed by atoms with Gasteiger partial charge in [-0.3, -0.25) is 9.59 Å². The fourth-order valence-electron chi connectivity index (χ4n) is 6.39. The molecule has 0 aromatic carbocycles. The number of hydrogen-bond donors (Lipinski definition) is 4. The number of carbonyl (C=O) groups excluding carboxylic acids is 2. The maximum Gasteiger partial charge on any atom is 0.306 e. The van der Waals surface area contributed by atoms with Crippen molar-refractivity contribution in [2.24, 2.45) is 0 Å². The number of unbranched alkanes of at least 4 members (excludes halogenated alkanes) is 9. The number of ether oxygens (including phenoxy) is 4. The lowest BCUT2D eigenvalue weighted by Crippen LogP contribution is -2.59. The van der Waals surface area contributed by atoms with Crippen LogP contribution in [0.3, 0.4) is 0 Å². The van der Waals surface area contributed by atoms with Crippen LogP contribution < -0.4 is 0 Å². The van der Waals surface area contributed by atoms with E-state index in [0.29, 0.717) is 25.7 Å². The molecular formula is C53H84O10. The molecule has 1 heterocycles. The molecule has 10 heteroatoms. The van der Waals surface area contributed by atoms with Gasteiger partial charge in [0.05, 0.1) is 13.2 Å². The summed E-state index contributed by atoms with van der Waals surface area (Å²) in [5.41, 5.74) is 0. The minimum Gasteiger partial charge on any atom is -0.462 e. The Bertz CT molecular complexity index is 1390. The molecule has 0 saturated carbocycles. The quantitative estimate of drug-likeness (QED) is 0.0268. The molecule has 356 valence electrons. The fraction of sp³-hybridized carbons (Fsp3) is 0.623. The first-order valence-corrected chi connectivity index (χ1v) is 24.0. The van der Waals surface area contributed by atoms with Gasteiger partial charge in [0.1, 0.15) is 31.0 Å². The Morgan fingerprint density at radius 1 is 0.508 bits per heavy atom. The Kier molecular flexibility index (Phi) is 38.5. The highest BCUT2D eigenvalue weighted by atomic mass is 16.7. The molecule has 0 amide bonds. The van der Waals surface area contributed by atoms with Crippen molar-refractivity contribution in [3.63, 3.8) is 0 Å². The molecule has 4 N–H and O–H groups in total. The van der Waals surface area contributed by atoms with Crippen LogP contribution in [0.25, 0.3) is 0 Å². The van der Waals surface area contributed by atoms with Crippen LogP contribution in [0.1, 0.15) is 155 Å². The van der Waals surface area contributed by atoms with Crippen LogP contribution in [0.5, 0.6) is 0 Å². The fourth-order valence-corrected chi connectivity index (χ4v) is 6.39. The van der Waals surface area contributed by atoms with Crippen molar-refractivity contribution in [1.29, 1.82) is 0 Å². The van der Waals surface area contributed by atoms with Crippen molar-refractivity contribution < 1.29 is 49.0 Å². The summed E-state index contributed by atoms with van der Waals surface area (Å²) in [7, 11) is 0. The van der Waals surface area contributed by atoms with Gasteiger partial charge in [0, 0.05) is 12.8 Å². The second kappa shape index (κ2) is 42.3. The third-order valence-electron chi connectivity index (χ3n) is 10.1. The normalized spacial score (nSPS) is 20.5. The molecule has 1 rings (SSSR count). The lowest BCUT2D eigenvalue weighted by Gasteiger charge is -2.39. The average Bonchev–Trinajstić information content (AvgIpc) is 3.28. The zero-order chi connectivity index (χ0) is 45.9. The number of aliphatic hydroxyl groups excluding tert-OH is 4. The number of aliphatic hydroxyl groups is 4. The molecular weight excluding hydrogens is 797 g/mol. The minimum absolute atomic E-state index is 0.133. The van der Waals surface area contributed by atoms with E-state index in [1.54, 1.807) is 0 Å². The molecule has 0 radical (unpaired) electrons. The highest BCUT2D eigenvalue weighted by Crippen LogP contribution is 2.22. The van der Waals surface area contributed by atoms with Gasteiger partial charge in [0.15, 0.2) is 12.4 Å². The van der Waals surface area contributed by atoms with Gasteiger partial charge in [-0.1, -0.05) is 162 Å². The van der Waals surface area contributed by atoms with Gasteiger partial charge >= 0.3 is 11.9 Å². The Labute approximate surface area is 380 Å². The molecule has 0 bridgehead atoms. The second-order valence-corrected chi connectivity index (χ2v) is 15.8. The van der Waals surface area contributed by atoms with E-state index in [9.17, 15) is 30.0 Å². The van der Waals surface area contributed by atoms with E-state index in [1.165, 1.54) is 51.4 Å². The number of esters is 2. The van der Waals surface area contributed by atoms with Crippen LogP contribution in [-0.2, 0) is 28.5 Å². The first kappa shape index (κ1) is 57.4. The van der Waals surface area contributed by atoms with E-state index >= 15 is 0 Å². The molecule has 1 aliphatic heterocycles. The number of hydrogen-bond acceptors (Lipinski definition) is 10. The summed E-state index contributed by atoms with van der Waals surface area (Å²) < 4.78 is 22.1. The van der Waals surface area contributed by atoms with Crippen LogP contribution in [0.15, 0.2) is 109 Å². The maximum atomic E-state index is 12.8. The highest BCUT2D eigenvalue weighted by molar-refractivity contribution is 5.70. The third-order valence-corrected chi connectivity index (χ3v) is 10.1. The third kappa shape index (κ3) is 33.5. The summed E-state index contributed by atoms with van der Waals surface area (Å²) >= 11 is 0. The molecule has 0 aliphatic carbocycles. The van der Waals surface area contributed by atoms with E-state index in [4.69, 9.17) is 18.9 Å². The Morgan fingerprint density at radius 2 is 0.937 bits per heavy atom. The van der Waals surface area contributed by atoms with E-state index in [0.717, 1.165) is 51.4 Å². The molecule has 2 unspecified atom stereocenters. The molecule has 1 saturated heterocycles. The first-order chi connectivity index (χ1) is 30.8. The van der Waals surface area contributed by atoms with Gasteiger partial charge in [-0.05, 0) is 89.9 Å². The number of rotatable bonds is 38. The monoisotopic (exact) mass is 881 g/mol. The summed E-state index contributed by atoms with van der Waals surface area (Å²) in [5.74, 6) is -0.951. The molecule has 10 nitrogen and oxygen atoms in total. The maximum absolute atomic E-state index is 12.8. The largest absolute Gasteiger partial charge is 0.462 e. The lowest BCUT2D eigenvalue weighted by molar-refractivity contribution is -0.305. The van der Waals surface area contributed by atoms with Crippen molar-refractivity contribution in [2.75, 3.05) is 19.8 Å². The average molecular weight is 881 g/mol. The molecule has 1 fully saturated rings. The predicted molar refractivity (Wildman–Crippen MR) is 256 cm³/mol. The Morgan fingerprint density at radius 3 is 1.41 bits per heavy atom. The molecule has 0 aromatic rings. The molecule has 6 atom stereocenters. The van der Waals surface area contributed by atoms with Gasteiger partial charge in [-0.2, -0.15) is 0 Å². The van der Waals surface area contributed by atoms with E-state index in [1.807, 2.05) is 12.2 Å².